The maximum Gasteiger partial charge on any atom is 0.305 e. The topological polar surface area (TPSA) is 35.5 Å². The fourth-order valence-electron chi connectivity index (χ4n) is 1.14. The van der Waals surface area contributed by atoms with Crippen LogP contribution in [0.2, 0.25) is 0 Å². The van der Waals surface area contributed by atoms with Crippen molar-refractivity contribution in [2.45, 2.75) is 27.1 Å². The molecule has 3 heteroatoms. The summed E-state index contributed by atoms with van der Waals surface area (Å²) < 4.78 is 10.2. The van der Waals surface area contributed by atoms with Crippen molar-refractivity contribution in [1.29, 1.82) is 0 Å². The highest BCUT2D eigenvalue weighted by atomic mass is 16.7. The Balaban J connectivity index is 2.55. The summed E-state index contributed by atoms with van der Waals surface area (Å²) in [5.74, 6) is 0.365. The van der Waals surface area contributed by atoms with E-state index < -0.39 is 6.29 Å². The summed E-state index contributed by atoms with van der Waals surface area (Å²) in [6.07, 6.45) is -0.547. The van der Waals surface area contributed by atoms with Gasteiger partial charge in [-0.2, -0.15) is 0 Å². The number of carbonyl (C=O) groups excluding carboxylic acids is 1. The molecule has 14 heavy (non-hydrogen) atoms. The Kier molecular flexibility index (Phi) is 3.51. The van der Waals surface area contributed by atoms with Gasteiger partial charge >= 0.3 is 5.97 Å². The zero-order valence-electron chi connectivity index (χ0n) is 8.61. The molecule has 0 N–H and O–H groups in total. The lowest BCUT2D eigenvalue weighted by molar-refractivity contribution is -0.158. The first-order chi connectivity index (χ1) is 6.58. The Hall–Kier alpha value is -1.51. The van der Waals surface area contributed by atoms with Gasteiger partial charge in [-0.05, 0) is 24.6 Å². The van der Waals surface area contributed by atoms with Crippen molar-refractivity contribution >= 4 is 5.97 Å². The minimum Gasteiger partial charge on any atom is -0.455 e. The number of rotatable bonds is 3. The predicted octanol–water partition coefficient (Wildman–Crippen LogP) is 2.28. The van der Waals surface area contributed by atoms with E-state index in [-0.39, 0.29) is 5.97 Å². The molecule has 0 aromatic heterocycles. The van der Waals surface area contributed by atoms with E-state index in [1.807, 2.05) is 31.2 Å². The second-order valence-corrected chi connectivity index (χ2v) is 3.11. The first-order valence-corrected chi connectivity index (χ1v) is 4.48. The lowest BCUT2D eigenvalue weighted by Gasteiger charge is -2.14. The Labute approximate surface area is 83.6 Å². The molecule has 0 spiro atoms. The summed E-state index contributed by atoms with van der Waals surface area (Å²) in [7, 11) is 0. The van der Waals surface area contributed by atoms with Crippen LogP contribution in [0.15, 0.2) is 24.3 Å². The Bertz CT molecular complexity index is 320. The van der Waals surface area contributed by atoms with Crippen molar-refractivity contribution in [3.63, 3.8) is 0 Å². The molecule has 0 aliphatic heterocycles. The largest absolute Gasteiger partial charge is 0.455 e. The monoisotopic (exact) mass is 194 g/mol. The number of aryl methyl sites for hydroxylation is 1. The Morgan fingerprint density at radius 1 is 1.43 bits per heavy atom. The SMILES string of the molecule is CC(=O)OC(C)Oc1cccc(C)c1. The van der Waals surface area contributed by atoms with E-state index in [9.17, 15) is 4.79 Å². The van der Waals surface area contributed by atoms with E-state index in [4.69, 9.17) is 9.47 Å². The highest BCUT2D eigenvalue weighted by Gasteiger charge is 2.06. The van der Waals surface area contributed by atoms with Crippen LogP contribution in [0.1, 0.15) is 19.4 Å². The quantitative estimate of drug-likeness (QED) is 0.547. The van der Waals surface area contributed by atoms with E-state index in [0.717, 1.165) is 5.56 Å². The third kappa shape index (κ3) is 3.47. The fourth-order valence-corrected chi connectivity index (χ4v) is 1.14. The summed E-state index contributed by atoms with van der Waals surface area (Å²) in [5.41, 5.74) is 1.11. The van der Waals surface area contributed by atoms with Gasteiger partial charge in [0.15, 0.2) is 0 Å². The second-order valence-electron chi connectivity index (χ2n) is 3.11. The third-order valence-corrected chi connectivity index (χ3v) is 1.62. The summed E-state index contributed by atoms with van der Waals surface area (Å²) in [6, 6.07) is 7.58. The van der Waals surface area contributed by atoms with E-state index in [2.05, 4.69) is 0 Å². The van der Waals surface area contributed by atoms with Crippen molar-refractivity contribution in [2.24, 2.45) is 0 Å². The molecule has 1 aromatic carbocycles. The molecule has 1 atom stereocenters. The molecule has 0 fully saturated rings. The normalized spacial score (nSPS) is 11.9. The van der Waals surface area contributed by atoms with Crippen LogP contribution in [-0.2, 0) is 9.53 Å². The van der Waals surface area contributed by atoms with Crippen molar-refractivity contribution < 1.29 is 14.3 Å². The van der Waals surface area contributed by atoms with Crippen LogP contribution in [0.4, 0.5) is 0 Å². The van der Waals surface area contributed by atoms with Gasteiger partial charge in [0.05, 0.1) is 0 Å². The lowest BCUT2D eigenvalue weighted by Crippen LogP contribution is -2.18. The van der Waals surface area contributed by atoms with Gasteiger partial charge in [-0.1, -0.05) is 12.1 Å². The van der Waals surface area contributed by atoms with Gasteiger partial charge in [-0.25, -0.2) is 0 Å². The van der Waals surface area contributed by atoms with Gasteiger partial charge in [-0.15, -0.1) is 0 Å². The lowest BCUT2D eigenvalue weighted by atomic mass is 10.2. The number of benzene rings is 1. The van der Waals surface area contributed by atoms with Crippen molar-refractivity contribution in [3.05, 3.63) is 29.8 Å². The molecule has 0 saturated carbocycles. The highest BCUT2D eigenvalue weighted by Crippen LogP contribution is 2.14. The average molecular weight is 194 g/mol. The summed E-state index contributed by atoms with van der Waals surface area (Å²) in [5, 5.41) is 0. The van der Waals surface area contributed by atoms with Gasteiger partial charge in [0, 0.05) is 13.8 Å². The molecule has 0 heterocycles. The molecule has 1 rings (SSSR count). The van der Waals surface area contributed by atoms with Gasteiger partial charge in [0.1, 0.15) is 5.75 Å². The zero-order valence-corrected chi connectivity index (χ0v) is 8.61. The molecule has 1 aromatic rings. The maximum atomic E-state index is 10.6. The van der Waals surface area contributed by atoms with Crippen LogP contribution in [-0.4, -0.2) is 12.3 Å². The van der Waals surface area contributed by atoms with Crippen LogP contribution in [0.3, 0.4) is 0 Å². The molecule has 0 bridgehead atoms. The van der Waals surface area contributed by atoms with Crippen LogP contribution in [0.5, 0.6) is 5.75 Å². The maximum absolute atomic E-state index is 10.6. The minimum atomic E-state index is -0.547. The third-order valence-electron chi connectivity index (χ3n) is 1.62. The van der Waals surface area contributed by atoms with E-state index in [1.165, 1.54) is 6.92 Å². The second kappa shape index (κ2) is 4.65. The van der Waals surface area contributed by atoms with Crippen molar-refractivity contribution in [1.82, 2.24) is 0 Å². The van der Waals surface area contributed by atoms with Crippen LogP contribution >= 0.6 is 0 Å². The molecule has 3 nitrogen and oxygen atoms in total. The molecule has 0 aliphatic rings. The molecule has 1 unspecified atom stereocenters. The van der Waals surface area contributed by atoms with E-state index >= 15 is 0 Å². The molecule has 0 amide bonds. The number of esters is 1. The van der Waals surface area contributed by atoms with Gasteiger partial charge in [0.2, 0.25) is 6.29 Å². The van der Waals surface area contributed by atoms with Crippen molar-refractivity contribution in [2.75, 3.05) is 0 Å². The Morgan fingerprint density at radius 3 is 2.71 bits per heavy atom. The van der Waals surface area contributed by atoms with Crippen LogP contribution in [0, 0.1) is 6.92 Å². The minimum absolute atomic E-state index is 0.342. The first kappa shape index (κ1) is 10.6. The molecule has 0 radical (unpaired) electrons. The molecular weight excluding hydrogens is 180 g/mol. The number of hydrogen-bond acceptors (Lipinski definition) is 3. The highest BCUT2D eigenvalue weighted by molar-refractivity contribution is 5.66. The van der Waals surface area contributed by atoms with Crippen molar-refractivity contribution in [3.8, 4) is 5.75 Å². The fraction of sp³-hybridized carbons (Fsp3) is 0.364. The standard InChI is InChI=1S/C11H14O3/c1-8-5-4-6-11(7-8)14-10(3)13-9(2)12/h4-7,10H,1-3H3. The van der Waals surface area contributed by atoms with E-state index in [1.54, 1.807) is 6.92 Å². The van der Waals surface area contributed by atoms with Crippen LogP contribution in [0.25, 0.3) is 0 Å². The number of ether oxygens (including phenoxy) is 2. The smallest absolute Gasteiger partial charge is 0.305 e. The molecule has 76 valence electrons. The molecule has 0 saturated heterocycles. The Morgan fingerprint density at radius 2 is 2.14 bits per heavy atom. The van der Waals surface area contributed by atoms with Gasteiger partial charge in [-0.3, -0.25) is 4.79 Å². The van der Waals surface area contributed by atoms with Crippen LogP contribution < -0.4 is 4.74 Å². The molecule has 0 aliphatic carbocycles. The van der Waals surface area contributed by atoms with E-state index in [0.29, 0.717) is 5.75 Å². The molecular formula is C11H14O3. The summed E-state index contributed by atoms with van der Waals surface area (Å²) >= 11 is 0. The predicted molar refractivity (Wildman–Crippen MR) is 53.0 cm³/mol. The number of hydrogen-bond donors (Lipinski definition) is 0. The summed E-state index contributed by atoms with van der Waals surface area (Å²) in [6.45, 7) is 5.02. The van der Waals surface area contributed by atoms with Gasteiger partial charge < -0.3 is 9.47 Å². The first-order valence-electron chi connectivity index (χ1n) is 4.48. The average Bonchev–Trinajstić information content (AvgIpc) is 2.01. The zero-order chi connectivity index (χ0) is 10.6. The van der Waals surface area contributed by atoms with Gasteiger partial charge in [0.25, 0.3) is 0 Å². The summed E-state index contributed by atoms with van der Waals surface area (Å²) in [4.78, 5) is 10.6. The number of carbonyl (C=O) groups is 1.